The van der Waals surface area contributed by atoms with Crippen LogP contribution in [0, 0.1) is 0 Å². The third-order valence-corrected chi connectivity index (χ3v) is 5.00. The van der Waals surface area contributed by atoms with Crippen LogP contribution in [0.1, 0.15) is 37.6 Å². The molecule has 160 valence electrons. The van der Waals surface area contributed by atoms with Gasteiger partial charge in [0.25, 0.3) is 0 Å². The van der Waals surface area contributed by atoms with Crippen LogP contribution in [0.2, 0.25) is 0 Å². The molecule has 6 heteroatoms. The van der Waals surface area contributed by atoms with Crippen molar-refractivity contribution in [2.45, 2.75) is 45.9 Å². The Labute approximate surface area is 182 Å². The van der Waals surface area contributed by atoms with Crippen molar-refractivity contribution < 1.29 is 14.3 Å². The highest BCUT2D eigenvalue weighted by Gasteiger charge is 2.26. The number of carbonyl (C=O) groups excluding carboxylic acids is 1. The topological polar surface area (TPSA) is 64.5 Å². The largest absolute Gasteiger partial charge is 0.489 e. The van der Waals surface area contributed by atoms with E-state index in [-0.39, 0.29) is 6.09 Å². The molecule has 0 fully saturated rings. The van der Waals surface area contributed by atoms with Crippen molar-refractivity contribution >= 4 is 6.09 Å². The Morgan fingerprint density at radius 3 is 2.48 bits per heavy atom. The number of nitrogens with zero attached hydrogens (tertiary/aromatic N) is 3. The maximum Gasteiger partial charge on any atom is 0.410 e. The quantitative estimate of drug-likeness (QED) is 0.597. The molecule has 0 unspecified atom stereocenters. The Kier molecular flexibility index (Phi) is 5.89. The van der Waals surface area contributed by atoms with Crippen molar-refractivity contribution in [1.29, 1.82) is 0 Å². The van der Waals surface area contributed by atoms with E-state index in [0.29, 0.717) is 19.7 Å². The molecule has 1 aliphatic heterocycles. The van der Waals surface area contributed by atoms with Crippen LogP contribution in [0.3, 0.4) is 0 Å². The lowest BCUT2D eigenvalue weighted by atomic mass is 10.0. The van der Waals surface area contributed by atoms with Crippen molar-refractivity contribution in [3.8, 4) is 17.0 Å². The number of benzene rings is 2. The number of amides is 1. The Morgan fingerprint density at radius 2 is 1.77 bits per heavy atom. The van der Waals surface area contributed by atoms with Crippen LogP contribution in [-0.4, -0.2) is 33.3 Å². The third-order valence-electron chi connectivity index (χ3n) is 5.00. The van der Waals surface area contributed by atoms with Gasteiger partial charge < -0.3 is 14.4 Å². The molecular formula is C25H27N3O3. The van der Waals surface area contributed by atoms with Crippen molar-refractivity contribution in [2.75, 3.05) is 6.54 Å². The number of carbonyl (C=O) groups is 1. The molecule has 1 aromatic heterocycles. The summed E-state index contributed by atoms with van der Waals surface area (Å²) in [6.07, 6.45) is 0.421. The SMILES string of the molecule is CC(C)(C)OC(=O)N1CCc2cc(-c3ccc(OCc4ccccc4)cc3)nnc2C1. The summed E-state index contributed by atoms with van der Waals surface area (Å²) in [5, 5.41) is 8.78. The second kappa shape index (κ2) is 8.76. The fourth-order valence-electron chi connectivity index (χ4n) is 3.41. The van der Waals surface area contributed by atoms with Gasteiger partial charge in [-0.1, -0.05) is 30.3 Å². The van der Waals surface area contributed by atoms with E-state index in [1.165, 1.54) is 0 Å². The van der Waals surface area contributed by atoms with E-state index in [9.17, 15) is 4.79 Å². The smallest absolute Gasteiger partial charge is 0.410 e. The van der Waals surface area contributed by atoms with Crippen molar-refractivity contribution in [3.05, 3.63) is 77.5 Å². The van der Waals surface area contributed by atoms with Gasteiger partial charge in [0.1, 0.15) is 18.0 Å². The van der Waals surface area contributed by atoms with Gasteiger partial charge in [-0.05, 0) is 68.7 Å². The molecule has 0 atom stereocenters. The van der Waals surface area contributed by atoms with Gasteiger partial charge in [-0.3, -0.25) is 0 Å². The van der Waals surface area contributed by atoms with Gasteiger partial charge >= 0.3 is 6.09 Å². The normalized spacial score (nSPS) is 13.5. The van der Waals surface area contributed by atoms with E-state index in [1.54, 1.807) is 4.90 Å². The van der Waals surface area contributed by atoms with Gasteiger partial charge in [-0.2, -0.15) is 10.2 Å². The summed E-state index contributed by atoms with van der Waals surface area (Å²) in [7, 11) is 0. The highest BCUT2D eigenvalue weighted by atomic mass is 16.6. The Bertz CT molecular complexity index is 1040. The van der Waals surface area contributed by atoms with E-state index in [1.807, 2.05) is 75.4 Å². The van der Waals surface area contributed by atoms with Crippen LogP contribution in [0.15, 0.2) is 60.7 Å². The Morgan fingerprint density at radius 1 is 1.03 bits per heavy atom. The molecule has 0 radical (unpaired) electrons. The molecule has 2 heterocycles. The molecular weight excluding hydrogens is 390 g/mol. The first kappa shape index (κ1) is 20.8. The van der Waals surface area contributed by atoms with Gasteiger partial charge in [-0.25, -0.2) is 4.79 Å². The summed E-state index contributed by atoms with van der Waals surface area (Å²) in [5.41, 5.74) is 4.37. The monoisotopic (exact) mass is 417 g/mol. The third kappa shape index (κ3) is 5.40. The molecule has 1 aliphatic rings. The highest BCUT2D eigenvalue weighted by molar-refractivity contribution is 5.69. The summed E-state index contributed by atoms with van der Waals surface area (Å²) >= 11 is 0. The zero-order chi connectivity index (χ0) is 21.8. The predicted molar refractivity (Wildman–Crippen MR) is 119 cm³/mol. The van der Waals surface area contributed by atoms with Crippen LogP contribution in [-0.2, 0) is 24.3 Å². The van der Waals surface area contributed by atoms with Gasteiger partial charge in [0, 0.05) is 12.1 Å². The molecule has 0 bridgehead atoms. The highest BCUT2D eigenvalue weighted by Crippen LogP contribution is 2.25. The van der Waals surface area contributed by atoms with E-state index in [2.05, 4.69) is 16.3 Å². The molecule has 2 aromatic carbocycles. The minimum Gasteiger partial charge on any atom is -0.489 e. The summed E-state index contributed by atoms with van der Waals surface area (Å²) < 4.78 is 11.3. The van der Waals surface area contributed by atoms with Crippen LogP contribution in [0.5, 0.6) is 5.75 Å². The lowest BCUT2D eigenvalue weighted by Crippen LogP contribution is -2.40. The summed E-state index contributed by atoms with van der Waals surface area (Å²) in [6, 6.07) is 20.0. The minimum absolute atomic E-state index is 0.310. The molecule has 0 spiro atoms. The Hall–Kier alpha value is -3.41. The van der Waals surface area contributed by atoms with Crippen molar-refractivity contribution in [2.24, 2.45) is 0 Å². The molecule has 4 rings (SSSR count). The van der Waals surface area contributed by atoms with Gasteiger partial charge in [0.15, 0.2) is 0 Å². The molecule has 31 heavy (non-hydrogen) atoms. The number of hydrogen-bond acceptors (Lipinski definition) is 5. The molecule has 0 aliphatic carbocycles. The second-order valence-corrected chi connectivity index (χ2v) is 8.65. The van der Waals surface area contributed by atoms with Gasteiger partial charge in [0.05, 0.1) is 17.9 Å². The van der Waals surface area contributed by atoms with E-state index in [4.69, 9.17) is 9.47 Å². The number of hydrogen-bond donors (Lipinski definition) is 0. The molecule has 0 N–H and O–H groups in total. The molecule has 0 saturated heterocycles. The van der Waals surface area contributed by atoms with E-state index in [0.717, 1.165) is 40.2 Å². The van der Waals surface area contributed by atoms with Crippen LogP contribution >= 0.6 is 0 Å². The molecule has 0 saturated carbocycles. The standard InChI is InChI=1S/C25H27N3O3/c1-25(2,3)31-24(29)28-14-13-20-15-22(26-27-23(20)16-28)19-9-11-21(12-10-19)30-17-18-7-5-4-6-8-18/h4-12,15H,13-14,16-17H2,1-3H3. The minimum atomic E-state index is -0.510. The van der Waals surface area contributed by atoms with E-state index >= 15 is 0 Å². The molecule has 6 nitrogen and oxygen atoms in total. The van der Waals surface area contributed by atoms with Crippen molar-refractivity contribution in [3.63, 3.8) is 0 Å². The first-order valence-electron chi connectivity index (χ1n) is 10.5. The second-order valence-electron chi connectivity index (χ2n) is 8.65. The number of ether oxygens (including phenoxy) is 2. The average molecular weight is 418 g/mol. The van der Waals surface area contributed by atoms with Gasteiger partial charge in [0.2, 0.25) is 0 Å². The van der Waals surface area contributed by atoms with Crippen molar-refractivity contribution in [1.82, 2.24) is 15.1 Å². The predicted octanol–water partition coefficient (Wildman–Crippen LogP) is 5.02. The van der Waals surface area contributed by atoms with Gasteiger partial charge in [-0.15, -0.1) is 0 Å². The fraction of sp³-hybridized carbons (Fsp3) is 0.320. The maximum absolute atomic E-state index is 12.3. The zero-order valence-electron chi connectivity index (χ0n) is 18.2. The molecule has 1 amide bonds. The summed E-state index contributed by atoms with van der Waals surface area (Å²) in [4.78, 5) is 14.0. The zero-order valence-corrected chi connectivity index (χ0v) is 18.2. The first-order valence-corrected chi connectivity index (χ1v) is 10.5. The lowest BCUT2D eigenvalue weighted by molar-refractivity contribution is 0.0220. The van der Waals surface area contributed by atoms with E-state index < -0.39 is 5.60 Å². The van der Waals surface area contributed by atoms with Crippen LogP contribution in [0.25, 0.3) is 11.3 Å². The summed E-state index contributed by atoms with van der Waals surface area (Å²) in [6.45, 7) is 7.17. The van der Waals surface area contributed by atoms with Crippen LogP contribution < -0.4 is 4.74 Å². The lowest BCUT2D eigenvalue weighted by Gasteiger charge is -2.30. The average Bonchev–Trinajstić information content (AvgIpc) is 2.77. The Balaban J connectivity index is 1.41. The fourth-order valence-corrected chi connectivity index (χ4v) is 3.41. The first-order chi connectivity index (χ1) is 14.9. The summed E-state index contributed by atoms with van der Waals surface area (Å²) in [5.74, 6) is 0.812. The number of aromatic nitrogens is 2. The number of fused-ring (bicyclic) bond motifs is 1. The maximum atomic E-state index is 12.3. The van der Waals surface area contributed by atoms with Crippen LogP contribution in [0.4, 0.5) is 4.79 Å². The molecule has 3 aromatic rings. The number of rotatable bonds is 4.